The SMILES string of the molecule is CC1(O)CCN(C(=O)NC/C=C/S(C)(=O)=O)C(c2ccccc2)C1. The van der Waals surface area contributed by atoms with Crippen LogP contribution in [0.3, 0.4) is 0 Å². The number of carbonyl (C=O) groups excluding carboxylic acids is 1. The summed E-state index contributed by atoms with van der Waals surface area (Å²) in [5.41, 5.74) is 0.160. The summed E-state index contributed by atoms with van der Waals surface area (Å²) in [5, 5.41) is 14.2. The van der Waals surface area contributed by atoms with Crippen LogP contribution in [0.15, 0.2) is 41.8 Å². The summed E-state index contributed by atoms with van der Waals surface area (Å²) in [6.45, 7) is 2.36. The van der Waals surface area contributed by atoms with Crippen LogP contribution in [0, 0.1) is 0 Å². The highest BCUT2D eigenvalue weighted by atomic mass is 32.2. The highest BCUT2D eigenvalue weighted by molar-refractivity contribution is 7.93. The summed E-state index contributed by atoms with van der Waals surface area (Å²) in [6.07, 6.45) is 3.47. The van der Waals surface area contributed by atoms with E-state index < -0.39 is 15.4 Å². The number of aliphatic hydroxyl groups is 1. The number of hydrogen-bond acceptors (Lipinski definition) is 4. The van der Waals surface area contributed by atoms with Gasteiger partial charge in [-0.05, 0) is 18.9 Å². The topological polar surface area (TPSA) is 86.7 Å². The Morgan fingerprint density at radius 2 is 2.08 bits per heavy atom. The zero-order valence-electron chi connectivity index (χ0n) is 14.0. The summed E-state index contributed by atoms with van der Waals surface area (Å²) in [4.78, 5) is 14.2. The highest BCUT2D eigenvalue weighted by Crippen LogP contribution is 2.36. The summed E-state index contributed by atoms with van der Waals surface area (Å²) >= 11 is 0. The molecule has 24 heavy (non-hydrogen) atoms. The van der Waals surface area contributed by atoms with Crippen LogP contribution in [-0.4, -0.2) is 49.4 Å². The van der Waals surface area contributed by atoms with Gasteiger partial charge in [-0.15, -0.1) is 0 Å². The van der Waals surface area contributed by atoms with Crippen molar-refractivity contribution in [2.75, 3.05) is 19.3 Å². The normalized spacial score (nSPS) is 25.0. The predicted molar refractivity (Wildman–Crippen MR) is 93.1 cm³/mol. The number of nitrogens with zero attached hydrogens (tertiary/aromatic N) is 1. The van der Waals surface area contributed by atoms with Crippen molar-refractivity contribution in [3.05, 3.63) is 47.4 Å². The van der Waals surface area contributed by atoms with E-state index in [2.05, 4.69) is 5.32 Å². The van der Waals surface area contributed by atoms with E-state index in [1.807, 2.05) is 30.3 Å². The van der Waals surface area contributed by atoms with Crippen molar-refractivity contribution in [3.8, 4) is 0 Å². The van der Waals surface area contributed by atoms with Crippen LogP contribution in [0.4, 0.5) is 4.79 Å². The molecule has 1 fully saturated rings. The minimum atomic E-state index is -3.19. The lowest BCUT2D eigenvalue weighted by atomic mass is 9.85. The monoisotopic (exact) mass is 352 g/mol. The fourth-order valence-electron chi connectivity index (χ4n) is 2.83. The van der Waals surface area contributed by atoms with Gasteiger partial charge in [0.25, 0.3) is 0 Å². The molecule has 0 aliphatic carbocycles. The number of rotatable bonds is 4. The number of nitrogens with one attached hydrogen (secondary N) is 1. The summed E-state index contributed by atoms with van der Waals surface area (Å²) < 4.78 is 22.1. The molecule has 2 rings (SSSR count). The lowest BCUT2D eigenvalue weighted by Crippen LogP contribution is -2.50. The van der Waals surface area contributed by atoms with Gasteiger partial charge in [0.2, 0.25) is 0 Å². The van der Waals surface area contributed by atoms with Gasteiger partial charge in [0.05, 0.1) is 11.6 Å². The largest absolute Gasteiger partial charge is 0.390 e. The molecule has 0 spiro atoms. The molecule has 1 aromatic carbocycles. The average Bonchev–Trinajstić information content (AvgIpc) is 2.50. The predicted octanol–water partition coefficient (Wildman–Crippen LogP) is 1.84. The quantitative estimate of drug-likeness (QED) is 0.866. The van der Waals surface area contributed by atoms with E-state index in [0.717, 1.165) is 17.2 Å². The third kappa shape index (κ3) is 5.35. The molecule has 0 bridgehead atoms. The van der Waals surface area contributed by atoms with E-state index in [1.54, 1.807) is 11.8 Å². The van der Waals surface area contributed by atoms with Crippen molar-refractivity contribution in [3.63, 3.8) is 0 Å². The molecular formula is C17H24N2O4S. The molecule has 2 atom stereocenters. The minimum Gasteiger partial charge on any atom is -0.390 e. The van der Waals surface area contributed by atoms with Gasteiger partial charge in [-0.2, -0.15) is 0 Å². The first-order chi connectivity index (χ1) is 11.2. The molecule has 1 saturated heterocycles. The Balaban J connectivity index is 2.08. The molecule has 0 radical (unpaired) electrons. The average molecular weight is 352 g/mol. The second-order valence-corrected chi connectivity index (χ2v) is 8.39. The molecule has 0 saturated carbocycles. The third-order valence-electron chi connectivity index (χ3n) is 4.06. The lowest BCUT2D eigenvalue weighted by molar-refractivity contribution is -0.0207. The number of sulfone groups is 1. The van der Waals surface area contributed by atoms with Gasteiger partial charge in [-0.1, -0.05) is 36.4 Å². The maximum Gasteiger partial charge on any atom is 0.318 e. The van der Waals surface area contributed by atoms with E-state index in [-0.39, 0.29) is 18.6 Å². The van der Waals surface area contributed by atoms with Gasteiger partial charge < -0.3 is 15.3 Å². The van der Waals surface area contributed by atoms with Gasteiger partial charge in [0.1, 0.15) is 0 Å². The molecule has 2 amide bonds. The summed E-state index contributed by atoms with van der Waals surface area (Å²) in [6, 6.07) is 9.12. The Labute approximate surface area is 143 Å². The van der Waals surface area contributed by atoms with E-state index >= 15 is 0 Å². The van der Waals surface area contributed by atoms with Crippen LogP contribution in [-0.2, 0) is 9.84 Å². The Morgan fingerprint density at radius 1 is 1.42 bits per heavy atom. The van der Waals surface area contributed by atoms with E-state index in [0.29, 0.717) is 19.4 Å². The number of likely N-dealkylation sites (tertiary alicyclic amines) is 1. The smallest absolute Gasteiger partial charge is 0.318 e. The lowest BCUT2D eigenvalue weighted by Gasteiger charge is -2.42. The standard InChI is InChI=1S/C17H24N2O4S/c1-17(21)9-11-19(15(13-17)14-7-4-3-5-8-14)16(20)18-10-6-12-24(2,22)23/h3-8,12,15,21H,9-11,13H2,1-2H3,(H,18,20)/b12-6+. The molecule has 2 N–H and O–H groups in total. The van der Waals surface area contributed by atoms with Crippen LogP contribution in [0.1, 0.15) is 31.4 Å². The van der Waals surface area contributed by atoms with Crippen molar-refractivity contribution in [2.45, 2.75) is 31.4 Å². The molecule has 1 aromatic rings. The fourth-order valence-corrected chi connectivity index (χ4v) is 3.28. The number of hydrogen-bond donors (Lipinski definition) is 2. The number of amides is 2. The first-order valence-corrected chi connectivity index (χ1v) is 9.82. The second-order valence-electron chi connectivity index (χ2n) is 6.46. The number of carbonyl (C=O) groups is 1. The molecule has 0 aromatic heterocycles. The maximum absolute atomic E-state index is 12.5. The van der Waals surface area contributed by atoms with Crippen molar-refractivity contribution >= 4 is 15.9 Å². The van der Waals surface area contributed by atoms with Crippen LogP contribution >= 0.6 is 0 Å². The Kier molecular flexibility index (Phi) is 5.66. The first kappa shape index (κ1) is 18.5. The molecule has 132 valence electrons. The second kappa shape index (κ2) is 7.36. The van der Waals surface area contributed by atoms with Gasteiger partial charge in [-0.3, -0.25) is 0 Å². The summed E-state index contributed by atoms with van der Waals surface area (Å²) in [7, 11) is -3.19. The zero-order valence-corrected chi connectivity index (χ0v) is 14.8. The van der Waals surface area contributed by atoms with Crippen LogP contribution in [0.2, 0.25) is 0 Å². The zero-order chi connectivity index (χ0) is 17.8. The molecule has 1 heterocycles. The molecular weight excluding hydrogens is 328 g/mol. The van der Waals surface area contributed by atoms with Crippen molar-refractivity contribution < 1.29 is 18.3 Å². The van der Waals surface area contributed by atoms with E-state index in [1.165, 1.54) is 6.08 Å². The van der Waals surface area contributed by atoms with Crippen LogP contribution < -0.4 is 5.32 Å². The number of urea groups is 1. The Morgan fingerprint density at radius 3 is 2.71 bits per heavy atom. The van der Waals surface area contributed by atoms with Crippen molar-refractivity contribution in [2.24, 2.45) is 0 Å². The fraction of sp³-hybridized carbons (Fsp3) is 0.471. The molecule has 6 nitrogen and oxygen atoms in total. The molecule has 1 aliphatic rings. The summed E-state index contributed by atoms with van der Waals surface area (Å²) in [5.74, 6) is 0. The van der Waals surface area contributed by atoms with Crippen LogP contribution in [0.25, 0.3) is 0 Å². The van der Waals surface area contributed by atoms with E-state index in [9.17, 15) is 18.3 Å². The van der Waals surface area contributed by atoms with E-state index in [4.69, 9.17) is 0 Å². The maximum atomic E-state index is 12.5. The third-order valence-corrected chi connectivity index (χ3v) is 4.75. The van der Waals surface area contributed by atoms with Gasteiger partial charge in [-0.25, -0.2) is 13.2 Å². The van der Waals surface area contributed by atoms with Gasteiger partial charge in [0, 0.05) is 31.2 Å². The van der Waals surface area contributed by atoms with Gasteiger partial charge in [0.15, 0.2) is 9.84 Å². The van der Waals surface area contributed by atoms with Crippen LogP contribution in [0.5, 0.6) is 0 Å². The van der Waals surface area contributed by atoms with Gasteiger partial charge >= 0.3 is 6.03 Å². The molecule has 7 heteroatoms. The molecule has 1 aliphatic heterocycles. The minimum absolute atomic E-state index is 0.139. The van der Waals surface area contributed by atoms with Crippen molar-refractivity contribution in [1.29, 1.82) is 0 Å². The first-order valence-electron chi connectivity index (χ1n) is 7.86. The molecule has 2 unspecified atom stereocenters. The Bertz CT molecular complexity index is 699. The Hall–Kier alpha value is -1.86. The number of benzene rings is 1. The number of piperidine rings is 1. The van der Waals surface area contributed by atoms with Crippen molar-refractivity contribution in [1.82, 2.24) is 10.2 Å². The highest BCUT2D eigenvalue weighted by Gasteiger charge is 2.37.